The number of hydrogen-bond acceptors (Lipinski definition) is 7. The summed E-state index contributed by atoms with van der Waals surface area (Å²) < 4.78 is 36.7. The van der Waals surface area contributed by atoms with Gasteiger partial charge < -0.3 is 14.8 Å². The molecule has 3 heterocycles. The monoisotopic (exact) mass is 464 g/mol. The predicted octanol–water partition coefficient (Wildman–Crippen LogP) is 3.63. The lowest BCUT2D eigenvalue weighted by atomic mass is 9.84. The van der Waals surface area contributed by atoms with Crippen LogP contribution in [0.2, 0.25) is 0 Å². The molecule has 0 saturated carbocycles. The highest BCUT2D eigenvalue weighted by atomic mass is 32.2. The summed E-state index contributed by atoms with van der Waals surface area (Å²) in [5, 5.41) is 4.90. The Morgan fingerprint density at radius 3 is 2.32 bits per heavy atom. The minimum Gasteiger partial charge on any atom is -0.381 e. The molecule has 1 atom stereocenters. The first-order chi connectivity index (χ1) is 15.0. The van der Waals surface area contributed by atoms with Crippen LogP contribution >= 0.6 is 11.3 Å². The third-order valence-corrected chi connectivity index (χ3v) is 9.07. The van der Waals surface area contributed by atoms with Crippen molar-refractivity contribution < 1.29 is 22.7 Å². The van der Waals surface area contributed by atoms with Crippen LogP contribution in [0.4, 0.5) is 5.13 Å². The quantitative estimate of drug-likeness (QED) is 0.672. The number of nitrogens with one attached hydrogen (secondary N) is 1. The van der Waals surface area contributed by atoms with Gasteiger partial charge in [0.25, 0.3) is 0 Å². The van der Waals surface area contributed by atoms with E-state index in [1.807, 2.05) is 5.38 Å². The molecule has 1 unspecified atom stereocenters. The van der Waals surface area contributed by atoms with E-state index in [2.05, 4.69) is 10.3 Å². The SMILES string of the molecule is O=C(Nc1nccs1)C(CC1CCOCC1)c1ccc(S(=O)(=O)C2CCOCC2)cc1. The zero-order chi connectivity index (χ0) is 21.7. The lowest BCUT2D eigenvalue weighted by Crippen LogP contribution is -2.29. The Balaban J connectivity index is 1.54. The molecule has 1 N–H and O–H groups in total. The third-order valence-electron chi connectivity index (χ3n) is 6.11. The molecular weight excluding hydrogens is 436 g/mol. The Morgan fingerprint density at radius 2 is 1.71 bits per heavy atom. The number of hydrogen-bond donors (Lipinski definition) is 1. The Hall–Kier alpha value is -1.81. The van der Waals surface area contributed by atoms with E-state index < -0.39 is 15.1 Å². The number of ether oxygens (including phenoxy) is 2. The maximum absolute atomic E-state index is 13.1. The molecule has 2 aliphatic heterocycles. The molecule has 0 spiro atoms. The van der Waals surface area contributed by atoms with Crippen LogP contribution in [0.1, 0.15) is 43.6 Å². The smallest absolute Gasteiger partial charge is 0.233 e. The zero-order valence-corrected chi connectivity index (χ0v) is 19.0. The molecule has 9 heteroatoms. The van der Waals surface area contributed by atoms with Gasteiger partial charge in [0, 0.05) is 38.0 Å². The zero-order valence-electron chi connectivity index (χ0n) is 17.4. The maximum atomic E-state index is 13.1. The molecule has 0 bridgehead atoms. The van der Waals surface area contributed by atoms with E-state index in [9.17, 15) is 13.2 Å². The van der Waals surface area contributed by atoms with E-state index >= 15 is 0 Å². The van der Waals surface area contributed by atoms with Gasteiger partial charge >= 0.3 is 0 Å². The summed E-state index contributed by atoms with van der Waals surface area (Å²) in [6.45, 7) is 2.39. The fourth-order valence-electron chi connectivity index (χ4n) is 4.26. The van der Waals surface area contributed by atoms with Crippen molar-refractivity contribution in [1.29, 1.82) is 0 Å². The number of benzene rings is 1. The third kappa shape index (κ3) is 5.52. The van der Waals surface area contributed by atoms with Gasteiger partial charge in [-0.05, 0) is 55.7 Å². The highest BCUT2D eigenvalue weighted by Crippen LogP contribution is 2.32. The van der Waals surface area contributed by atoms with Crippen molar-refractivity contribution >= 4 is 32.2 Å². The molecule has 2 aromatic rings. The van der Waals surface area contributed by atoms with Crippen molar-refractivity contribution in [2.24, 2.45) is 5.92 Å². The van der Waals surface area contributed by atoms with Crippen molar-refractivity contribution in [3.05, 3.63) is 41.4 Å². The van der Waals surface area contributed by atoms with E-state index in [-0.39, 0.29) is 11.8 Å². The summed E-state index contributed by atoms with van der Waals surface area (Å²) in [4.78, 5) is 17.6. The van der Waals surface area contributed by atoms with E-state index in [0.29, 0.717) is 61.6 Å². The van der Waals surface area contributed by atoms with Crippen LogP contribution < -0.4 is 5.32 Å². The lowest BCUT2D eigenvalue weighted by molar-refractivity contribution is -0.118. The fourth-order valence-corrected chi connectivity index (χ4v) is 6.50. The van der Waals surface area contributed by atoms with Gasteiger partial charge in [0.05, 0.1) is 16.1 Å². The van der Waals surface area contributed by atoms with Gasteiger partial charge in [0.1, 0.15) is 0 Å². The number of carbonyl (C=O) groups is 1. The highest BCUT2D eigenvalue weighted by molar-refractivity contribution is 7.92. The van der Waals surface area contributed by atoms with Crippen LogP contribution in [-0.4, -0.2) is 51.0 Å². The Morgan fingerprint density at radius 1 is 1.06 bits per heavy atom. The van der Waals surface area contributed by atoms with Crippen LogP contribution in [0.25, 0.3) is 0 Å². The summed E-state index contributed by atoms with van der Waals surface area (Å²) in [5.41, 5.74) is 0.825. The average molecular weight is 465 g/mol. The summed E-state index contributed by atoms with van der Waals surface area (Å²) >= 11 is 1.38. The van der Waals surface area contributed by atoms with Crippen molar-refractivity contribution in [1.82, 2.24) is 4.98 Å². The first-order valence-electron chi connectivity index (χ1n) is 10.7. The average Bonchev–Trinajstić information content (AvgIpc) is 3.32. The maximum Gasteiger partial charge on any atom is 0.233 e. The molecule has 0 radical (unpaired) electrons. The van der Waals surface area contributed by atoms with Gasteiger partial charge in [-0.3, -0.25) is 4.79 Å². The van der Waals surface area contributed by atoms with Gasteiger partial charge in [0.15, 0.2) is 15.0 Å². The molecule has 1 aromatic heterocycles. The van der Waals surface area contributed by atoms with Crippen molar-refractivity contribution in [3.8, 4) is 0 Å². The fraction of sp³-hybridized carbons (Fsp3) is 0.545. The van der Waals surface area contributed by atoms with E-state index in [4.69, 9.17) is 9.47 Å². The predicted molar refractivity (Wildman–Crippen MR) is 119 cm³/mol. The van der Waals surface area contributed by atoms with Crippen LogP contribution in [0.5, 0.6) is 0 Å². The van der Waals surface area contributed by atoms with Crippen molar-refractivity contribution in [2.75, 3.05) is 31.7 Å². The number of carbonyl (C=O) groups excluding carboxylic acids is 1. The molecule has 2 aliphatic rings. The molecule has 0 aliphatic carbocycles. The second-order valence-electron chi connectivity index (χ2n) is 8.10. The van der Waals surface area contributed by atoms with Crippen molar-refractivity contribution in [3.63, 3.8) is 0 Å². The van der Waals surface area contributed by atoms with Crippen molar-refractivity contribution in [2.45, 2.75) is 48.2 Å². The summed E-state index contributed by atoms with van der Waals surface area (Å²) in [6, 6.07) is 6.87. The molecule has 7 nitrogen and oxygen atoms in total. The Labute approximate surface area is 187 Å². The first-order valence-corrected chi connectivity index (χ1v) is 13.2. The molecule has 1 aromatic carbocycles. The van der Waals surface area contributed by atoms with Gasteiger partial charge in [-0.2, -0.15) is 0 Å². The molecule has 2 saturated heterocycles. The Kier molecular flexibility index (Phi) is 7.37. The minimum absolute atomic E-state index is 0.110. The molecule has 168 valence electrons. The Bertz CT molecular complexity index is 948. The van der Waals surface area contributed by atoms with Crippen LogP contribution in [0.3, 0.4) is 0 Å². The number of nitrogens with zero attached hydrogens (tertiary/aromatic N) is 1. The van der Waals surface area contributed by atoms with Crippen LogP contribution in [0.15, 0.2) is 40.7 Å². The van der Waals surface area contributed by atoms with Gasteiger partial charge in [0.2, 0.25) is 5.91 Å². The first kappa shape index (κ1) is 22.4. The summed E-state index contributed by atoms with van der Waals surface area (Å²) in [7, 11) is -3.40. The molecule has 2 fully saturated rings. The summed E-state index contributed by atoms with van der Waals surface area (Å²) in [6.07, 6.45) is 5.25. The number of anilines is 1. The standard InChI is InChI=1S/C22H28N2O5S2/c25-21(24-22-23-9-14-30-22)20(15-16-5-10-28-11-6-16)17-1-3-18(4-2-17)31(26,27)19-7-12-29-13-8-19/h1-4,9,14,16,19-20H,5-8,10-13,15H2,(H,23,24,25). The van der Waals surface area contributed by atoms with Crippen LogP contribution in [0, 0.1) is 5.92 Å². The van der Waals surface area contributed by atoms with Gasteiger partial charge in [-0.25, -0.2) is 13.4 Å². The largest absolute Gasteiger partial charge is 0.381 e. The van der Waals surface area contributed by atoms with Gasteiger partial charge in [-0.15, -0.1) is 11.3 Å². The number of sulfone groups is 1. The number of thiazole rings is 1. The van der Waals surface area contributed by atoms with E-state index in [1.165, 1.54) is 11.3 Å². The minimum atomic E-state index is -3.40. The molecule has 1 amide bonds. The molecular formula is C22H28N2O5S2. The highest BCUT2D eigenvalue weighted by Gasteiger charge is 2.31. The van der Waals surface area contributed by atoms with Crippen LogP contribution in [-0.2, 0) is 24.1 Å². The second-order valence-corrected chi connectivity index (χ2v) is 11.2. The molecule has 4 rings (SSSR count). The van der Waals surface area contributed by atoms with E-state index in [1.54, 1.807) is 30.5 Å². The van der Waals surface area contributed by atoms with E-state index in [0.717, 1.165) is 18.4 Å². The number of aromatic nitrogens is 1. The normalized spacial score (nSPS) is 19.7. The molecule has 31 heavy (non-hydrogen) atoms. The number of amides is 1. The topological polar surface area (TPSA) is 94.6 Å². The number of rotatable bonds is 7. The second kappa shape index (κ2) is 10.2. The summed E-state index contributed by atoms with van der Waals surface area (Å²) in [5.74, 6) is -0.0836. The lowest BCUT2D eigenvalue weighted by Gasteiger charge is -2.26. The van der Waals surface area contributed by atoms with Gasteiger partial charge in [-0.1, -0.05) is 12.1 Å².